The molecule has 0 amide bonds. The molecule has 0 fully saturated rings. The first-order chi connectivity index (χ1) is 5.84. The van der Waals surface area contributed by atoms with Crippen molar-refractivity contribution in [1.82, 2.24) is 20.5 Å². The number of nitrogens with one attached hydrogen (secondary N) is 2. The standard InChI is InChI=1S/C6H14N6/c1-8-3-2-4-12(7)6-9-5-10-11-6/h5,8H,2-4,7H2,1H3,(H,9,10,11). The molecule has 0 spiro atoms. The Morgan fingerprint density at radius 2 is 2.58 bits per heavy atom. The largest absolute Gasteiger partial charge is 0.320 e. The molecule has 0 saturated heterocycles. The predicted molar refractivity (Wildman–Crippen MR) is 46.5 cm³/mol. The fraction of sp³-hybridized carbons (Fsp3) is 0.667. The van der Waals surface area contributed by atoms with Gasteiger partial charge in [0.15, 0.2) is 0 Å². The summed E-state index contributed by atoms with van der Waals surface area (Å²) in [6, 6.07) is 0. The first-order valence-electron chi connectivity index (χ1n) is 3.87. The average molecular weight is 170 g/mol. The van der Waals surface area contributed by atoms with E-state index in [-0.39, 0.29) is 0 Å². The molecule has 1 rings (SSSR count). The van der Waals surface area contributed by atoms with E-state index in [1.807, 2.05) is 7.05 Å². The van der Waals surface area contributed by atoms with Crippen molar-refractivity contribution >= 4 is 5.95 Å². The lowest BCUT2D eigenvalue weighted by Crippen LogP contribution is -2.34. The summed E-state index contributed by atoms with van der Waals surface area (Å²) in [7, 11) is 1.91. The van der Waals surface area contributed by atoms with Crippen LogP contribution in [-0.2, 0) is 0 Å². The van der Waals surface area contributed by atoms with Crippen molar-refractivity contribution in [3.8, 4) is 0 Å². The molecule has 12 heavy (non-hydrogen) atoms. The smallest absolute Gasteiger partial charge is 0.235 e. The van der Waals surface area contributed by atoms with Gasteiger partial charge in [0.1, 0.15) is 6.33 Å². The second-order valence-corrected chi connectivity index (χ2v) is 2.46. The minimum Gasteiger partial charge on any atom is -0.320 e. The summed E-state index contributed by atoms with van der Waals surface area (Å²) < 4.78 is 0. The van der Waals surface area contributed by atoms with Gasteiger partial charge >= 0.3 is 0 Å². The fourth-order valence-corrected chi connectivity index (χ4v) is 0.869. The van der Waals surface area contributed by atoms with Crippen molar-refractivity contribution in [3.05, 3.63) is 6.33 Å². The molecule has 0 aliphatic heterocycles. The van der Waals surface area contributed by atoms with Gasteiger partial charge in [-0.3, -0.25) is 5.01 Å². The molecule has 0 radical (unpaired) electrons. The molecule has 68 valence electrons. The van der Waals surface area contributed by atoms with Crippen LogP contribution >= 0.6 is 0 Å². The molecule has 0 saturated carbocycles. The van der Waals surface area contributed by atoms with Crippen LogP contribution in [0.15, 0.2) is 6.33 Å². The van der Waals surface area contributed by atoms with E-state index in [2.05, 4.69) is 20.5 Å². The van der Waals surface area contributed by atoms with Crippen molar-refractivity contribution in [1.29, 1.82) is 0 Å². The van der Waals surface area contributed by atoms with E-state index < -0.39 is 0 Å². The lowest BCUT2D eigenvalue weighted by Gasteiger charge is -2.13. The summed E-state index contributed by atoms with van der Waals surface area (Å²) in [5.74, 6) is 6.25. The summed E-state index contributed by atoms with van der Waals surface area (Å²) in [6.07, 6.45) is 2.42. The van der Waals surface area contributed by atoms with Crippen LogP contribution in [0.3, 0.4) is 0 Å². The Morgan fingerprint density at radius 1 is 1.75 bits per heavy atom. The van der Waals surface area contributed by atoms with Crippen LogP contribution in [0.4, 0.5) is 5.95 Å². The summed E-state index contributed by atoms with van der Waals surface area (Å²) in [5, 5.41) is 11.0. The highest BCUT2D eigenvalue weighted by Gasteiger charge is 2.01. The topological polar surface area (TPSA) is 82.9 Å². The molecule has 4 N–H and O–H groups in total. The Balaban J connectivity index is 2.25. The number of hydrogen-bond donors (Lipinski definition) is 3. The first-order valence-corrected chi connectivity index (χ1v) is 3.87. The van der Waals surface area contributed by atoms with Gasteiger partial charge in [-0.25, -0.2) is 10.9 Å². The maximum atomic E-state index is 5.65. The molecule has 1 heterocycles. The van der Waals surface area contributed by atoms with Crippen LogP contribution in [0.5, 0.6) is 0 Å². The lowest BCUT2D eigenvalue weighted by atomic mass is 10.4. The molecule has 0 aliphatic carbocycles. The molecule has 0 unspecified atom stereocenters. The minimum absolute atomic E-state index is 0.603. The van der Waals surface area contributed by atoms with Gasteiger partial charge in [-0.05, 0) is 20.0 Å². The van der Waals surface area contributed by atoms with E-state index >= 15 is 0 Å². The lowest BCUT2D eigenvalue weighted by molar-refractivity contribution is 0.686. The predicted octanol–water partition coefficient (Wildman–Crippen LogP) is -0.906. The highest BCUT2D eigenvalue weighted by Crippen LogP contribution is 1.97. The SMILES string of the molecule is CNCCCN(N)c1ncn[nH]1. The van der Waals surface area contributed by atoms with E-state index in [9.17, 15) is 0 Å². The van der Waals surface area contributed by atoms with Crippen molar-refractivity contribution in [2.24, 2.45) is 5.84 Å². The number of rotatable bonds is 5. The van der Waals surface area contributed by atoms with Crippen LogP contribution in [0.2, 0.25) is 0 Å². The molecule has 0 atom stereocenters. The number of nitrogens with zero attached hydrogens (tertiary/aromatic N) is 3. The molecular formula is C6H14N6. The highest BCUT2D eigenvalue weighted by atomic mass is 15.5. The van der Waals surface area contributed by atoms with Crippen molar-refractivity contribution in [3.63, 3.8) is 0 Å². The summed E-state index contributed by atoms with van der Waals surface area (Å²) >= 11 is 0. The van der Waals surface area contributed by atoms with Gasteiger partial charge in [-0.15, -0.1) is 0 Å². The molecule has 0 aliphatic rings. The number of hydrogen-bond acceptors (Lipinski definition) is 5. The van der Waals surface area contributed by atoms with Gasteiger partial charge < -0.3 is 5.32 Å². The van der Waals surface area contributed by atoms with Gasteiger partial charge in [0.05, 0.1) is 0 Å². The minimum atomic E-state index is 0.603. The van der Waals surface area contributed by atoms with Crippen LogP contribution in [0, 0.1) is 0 Å². The van der Waals surface area contributed by atoms with Gasteiger partial charge in [-0.2, -0.15) is 10.1 Å². The van der Waals surface area contributed by atoms with Gasteiger partial charge in [0, 0.05) is 6.54 Å². The Morgan fingerprint density at radius 3 is 3.17 bits per heavy atom. The van der Waals surface area contributed by atoms with Gasteiger partial charge in [-0.1, -0.05) is 0 Å². The molecule has 6 nitrogen and oxygen atoms in total. The van der Waals surface area contributed by atoms with Crippen LogP contribution in [0.1, 0.15) is 6.42 Å². The normalized spacial score (nSPS) is 10.2. The summed E-state index contributed by atoms with van der Waals surface area (Å²) in [5.41, 5.74) is 0. The Labute approximate surface area is 71.1 Å². The molecular weight excluding hydrogens is 156 g/mol. The third kappa shape index (κ3) is 2.48. The summed E-state index contributed by atoms with van der Waals surface area (Å²) in [6.45, 7) is 1.71. The van der Waals surface area contributed by atoms with E-state index in [0.29, 0.717) is 5.95 Å². The maximum absolute atomic E-state index is 5.65. The van der Waals surface area contributed by atoms with Crippen molar-refractivity contribution in [2.45, 2.75) is 6.42 Å². The number of hydrazine groups is 1. The first kappa shape index (κ1) is 8.95. The van der Waals surface area contributed by atoms with E-state index in [0.717, 1.165) is 19.5 Å². The number of H-pyrrole nitrogens is 1. The molecule has 1 aromatic rings. The maximum Gasteiger partial charge on any atom is 0.235 e. The zero-order chi connectivity index (χ0) is 8.81. The molecule has 0 aromatic carbocycles. The summed E-state index contributed by atoms with van der Waals surface area (Å²) in [4.78, 5) is 3.91. The van der Waals surface area contributed by atoms with Gasteiger partial charge in [0.2, 0.25) is 5.95 Å². The Kier molecular flexibility index (Phi) is 3.49. The van der Waals surface area contributed by atoms with Crippen LogP contribution < -0.4 is 16.2 Å². The zero-order valence-electron chi connectivity index (χ0n) is 7.12. The second-order valence-electron chi connectivity index (χ2n) is 2.46. The number of anilines is 1. The average Bonchev–Trinajstić information content (AvgIpc) is 2.56. The van der Waals surface area contributed by atoms with Gasteiger partial charge in [0.25, 0.3) is 0 Å². The van der Waals surface area contributed by atoms with Crippen molar-refractivity contribution < 1.29 is 0 Å². The molecule has 1 aromatic heterocycles. The number of aromatic amines is 1. The molecule has 0 bridgehead atoms. The highest BCUT2D eigenvalue weighted by molar-refractivity contribution is 5.22. The quantitative estimate of drug-likeness (QED) is 0.303. The third-order valence-electron chi connectivity index (χ3n) is 1.50. The zero-order valence-corrected chi connectivity index (χ0v) is 7.12. The van der Waals surface area contributed by atoms with Crippen LogP contribution in [0.25, 0.3) is 0 Å². The van der Waals surface area contributed by atoms with E-state index in [1.54, 1.807) is 5.01 Å². The van der Waals surface area contributed by atoms with E-state index in [1.165, 1.54) is 6.33 Å². The second kappa shape index (κ2) is 4.68. The Bertz CT molecular complexity index is 196. The third-order valence-corrected chi connectivity index (χ3v) is 1.50. The fourth-order valence-electron chi connectivity index (χ4n) is 0.869. The monoisotopic (exact) mass is 170 g/mol. The van der Waals surface area contributed by atoms with E-state index in [4.69, 9.17) is 5.84 Å². The van der Waals surface area contributed by atoms with Crippen LogP contribution in [-0.4, -0.2) is 35.3 Å². The Hall–Kier alpha value is -1.14. The number of aromatic nitrogens is 3. The number of nitrogens with two attached hydrogens (primary N) is 1. The molecule has 6 heteroatoms. The van der Waals surface area contributed by atoms with Crippen molar-refractivity contribution in [2.75, 3.05) is 25.1 Å².